The molecule has 0 amide bonds. The molecule has 8 heteroatoms. The first-order chi connectivity index (χ1) is 9.47. The Hall–Kier alpha value is -0.610. The van der Waals surface area contributed by atoms with Gasteiger partial charge in [-0.15, -0.1) is 0 Å². The third kappa shape index (κ3) is 4.45. The van der Waals surface area contributed by atoms with Gasteiger partial charge >= 0.3 is 0 Å². The van der Waals surface area contributed by atoms with Gasteiger partial charge in [0.1, 0.15) is 18.3 Å². The number of hydrogen-bond donors (Lipinski definition) is 3. The first-order valence-corrected chi connectivity index (χ1v) is 7.64. The van der Waals surface area contributed by atoms with Gasteiger partial charge in [-0.05, 0) is 26.2 Å². The van der Waals surface area contributed by atoms with Gasteiger partial charge in [0, 0.05) is 12.3 Å². The van der Waals surface area contributed by atoms with E-state index in [-0.39, 0.29) is 0 Å². The third-order valence-electron chi connectivity index (χ3n) is 2.92. The molecule has 20 heavy (non-hydrogen) atoms. The fourth-order valence-corrected chi connectivity index (χ4v) is 2.74. The van der Waals surface area contributed by atoms with Crippen molar-refractivity contribution in [1.29, 1.82) is 0 Å². The molecule has 0 bridgehead atoms. The standard InChI is InChI=1S/C12H23N5O2S/c1-16(2)7-10-3-4-11(19-10)8-20-6-5-17-9-18-15-12(17,13)14/h3-4,15H,5-9,13-14H2,1-2H3. The van der Waals surface area contributed by atoms with Gasteiger partial charge in [-0.1, -0.05) is 0 Å². The summed E-state index contributed by atoms with van der Waals surface area (Å²) < 4.78 is 5.74. The van der Waals surface area contributed by atoms with Gasteiger partial charge in [0.25, 0.3) is 0 Å². The van der Waals surface area contributed by atoms with Gasteiger partial charge in [-0.2, -0.15) is 17.2 Å². The zero-order valence-electron chi connectivity index (χ0n) is 12.0. The Kier molecular flexibility index (Phi) is 5.44. The zero-order chi connectivity index (χ0) is 14.6. The van der Waals surface area contributed by atoms with Crippen LogP contribution in [0.1, 0.15) is 11.5 Å². The molecule has 0 radical (unpaired) electrons. The number of furan rings is 1. The maximum atomic E-state index is 5.80. The molecule has 1 aromatic heterocycles. The van der Waals surface area contributed by atoms with Crippen LogP contribution in [0.4, 0.5) is 0 Å². The van der Waals surface area contributed by atoms with Crippen LogP contribution in [0.15, 0.2) is 16.5 Å². The molecule has 0 saturated carbocycles. The van der Waals surface area contributed by atoms with Gasteiger partial charge < -0.3 is 9.32 Å². The van der Waals surface area contributed by atoms with E-state index < -0.39 is 5.91 Å². The average Bonchev–Trinajstić information content (AvgIpc) is 2.91. The molecule has 1 aromatic rings. The fourth-order valence-electron chi connectivity index (χ4n) is 1.89. The summed E-state index contributed by atoms with van der Waals surface area (Å²) in [5.41, 5.74) is 14.2. The lowest BCUT2D eigenvalue weighted by Gasteiger charge is -2.27. The number of hydrogen-bond acceptors (Lipinski definition) is 8. The van der Waals surface area contributed by atoms with E-state index in [1.165, 1.54) is 0 Å². The van der Waals surface area contributed by atoms with Gasteiger partial charge in [0.15, 0.2) is 0 Å². The van der Waals surface area contributed by atoms with Crippen molar-refractivity contribution in [2.45, 2.75) is 18.2 Å². The maximum Gasteiger partial charge on any atom is 0.203 e. The van der Waals surface area contributed by atoms with E-state index in [9.17, 15) is 0 Å². The van der Waals surface area contributed by atoms with Gasteiger partial charge in [-0.25, -0.2) is 4.90 Å². The highest BCUT2D eigenvalue weighted by Crippen LogP contribution is 2.17. The Labute approximate surface area is 123 Å². The lowest BCUT2D eigenvalue weighted by Crippen LogP contribution is -2.66. The first-order valence-electron chi connectivity index (χ1n) is 6.49. The molecule has 0 atom stereocenters. The number of nitrogens with zero attached hydrogens (tertiary/aromatic N) is 2. The second-order valence-corrected chi connectivity index (χ2v) is 6.23. The summed E-state index contributed by atoms with van der Waals surface area (Å²) in [6.45, 7) is 1.99. The molecule has 2 rings (SSSR count). The summed E-state index contributed by atoms with van der Waals surface area (Å²) in [4.78, 5) is 8.95. The van der Waals surface area contributed by atoms with Crippen LogP contribution in [0, 0.1) is 0 Å². The summed E-state index contributed by atoms with van der Waals surface area (Å²) in [7, 11) is 4.05. The smallest absolute Gasteiger partial charge is 0.203 e. The van der Waals surface area contributed by atoms with E-state index >= 15 is 0 Å². The predicted molar refractivity (Wildman–Crippen MR) is 79.2 cm³/mol. The molecule has 2 heterocycles. The van der Waals surface area contributed by atoms with Crippen molar-refractivity contribution < 1.29 is 9.25 Å². The van der Waals surface area contributed by atoms with Crippen LogP contribution >= 0.6 is 11.8 Å². The SMILES string of the molecule is CN(C)Cc1ccc(CSCCN2CONC2(N)N)o1. The highest BCUT2D eigenvalue weighted by molar-refractivity contribution is 7.98. The molecular formula is C12H23N5O2S. The quantitative estimate of drug-likeness (QED) is 0.475. The van der Waals surface area contributed by atoms with Gasteiger partial charge in [0.2, 0.25) is 5.91 Å². The fraction of sp³-hybridized carbons (Fsp3) is 0.667. The number of nitrogens with one attached hydrogen (secondary N) is 1. The Balaban J connectivity index is 1.67. The molecule has 1 aliphatic heterocycles. The van der Waals surface area contributed by atoms with Crippen molar-refractivity contribution >= 4 is 11.8 Å². The van der Waals surface area contributed by atoms with Crippen LogP contribution in [0.3, 0.4) is 0 Å². The van der Waals surface area contributed by atoms with Crippen LogP contribution in [-0.2, 0) is 17.1 Å². The summed E-state index contributed by atoms with van der Waals surface area (Å²) in [6.07, 6.45) is 0. The van der Waals surface area contributed by atoms with Crippen LogP contribution in [0.25, 0.3) is 0 Å². The highest BCUT2D eigenvalue weighted by atomic mass is 32.2. The second-order valence-electron chi connectivity index (χ2n) is 5.12. The Morgan fingerprint density at radius 1 is 1.40 bits per heavy atom. The minimum atomic E-state index is -1.07. The second kappa shape index (κ2) is 6.90. The van der Waals surface area contributed by atoms with Crippen molar-refractivity contribution in [2.24, 2.45) is 11.5 Å². The highest BCUT2D eigenvalue weighted by Gasteiger charge is 2.33. The monoisotopic (exact) mass is 301 g/mol. The molecule has 1 saturated heterocycles. The van der Waals surface area contributed by atoms with Crippen LogP contribution in [0.2, 0.25) is 0 Å². The van der Waals surface area contributed by atoms with Crippen molar-refractivity contribution in [1.82, 2.24) is 15.3 Å². The number of thioether (sulfide) groups is 1. The first kappa shape index (κ1) is 15.8. The van der Waals surface area contributed by atoms with Crippen molar-refractivity contribution in [3.05, 3.63) is 23.7 Å². The van der Waals surface area contributed by atoms with Crippen LogP contribution < -0.4 is 16.9 Å². The van der Waals surface area contributed by atoms with E-state index in [4.69, 9.17) is 20.7 Å². The van der Waals surface area contributed by atoms with Crippen LogP contribution in [-0.4, -0.2) is 48.8 Å². The lowest BCUT2D eigenvalue weighted by atomic mass is 10.4. The molecule has 5 N–H and O–H groups in total. The molecule has 0 aromatic carbocycles. The van der Waals surface area contributed by atoms with Gasteiger partial charge in [0.05, 0.1) is 12.3 Å². The van der Waals surface area contributed by atoms with E-state index in [0.717, 1.165) is 36.1 Å². The Bertz CT molecular complexity index is 424. The van der Waals surface area contributed by atoms with E-state index in [2.05, 4.69) is 10.4 Å². The topological polar surface area (TPSA) is 92.9 Å². The molecule has 0 spiro atoms. The van der Waals surface area contributed by atoms with Gasteiger partial charge in [-0.3, -0.25) is 16.3 Å². The van der Waals surface area contributed by atoms with Crippen molar-refractivity contribution in [3.63, 3.8) is 0 Å². The number of hydroxylamine groups is 1. The molecule has 0 aliphatic carbocycles. The average molecular weight is 301 g/mol. The molecule has 0 unspecified atom stereocenters. The normalized spacial score (nSPS) is 19.1. The minimum Gasteiger partial charge on any atom is -0.464 e. The lowest BCUT2D eigenvalue weighted by molar-refractivity contribution is 0.0644. The largest absolute Gasteiger partial charge is 0.464 e. The van der Waals surface area contributed by atoms with Crippen molar-refractivity contribution in [3.8, 4) is 0 Å². The summed E-state index contributed by atoms with van der Waals surface area (Å²) in [6, 6.07) is 4.06. The molecule has 1 aliphatic rings. The molecule has 114 valence electrons. The maximum absolute atomic E-state index is 5.80. The molecule has 1 fully saturated rings. The van der Waals surface area contributed by atoms with E-state index in [1.807, 2.05) is 31.1 Å². The summed E-state index contributed by atoms with van der Waals surface area (Å²) >= 11 is 1.78. The number of nitrogens with two attached hydrogens (primary N) is 2. The minimum absolute atomic E-state index is 0.404. The predicted octanol–water partition coefficient (Wildman–Crippen LogP) is -0.103. The molecular weight excluding hydrogens is 278 g/mol. The number of rotatable bonds is 7. The Morgan fingerprint density at radius 3 is 2.80 bits per heavy atom. The zero-order valence-corrected chi connectivity index (χ0v) is 12.8. The molecule has 7 nitrogen and oxygen atoms in total. The summed E-state index contributed by atoms with van der Waals surface area (Å²) in [5.74, 6) is 2.67. The third-order valence-corrected chi connectivity index (χ3v) is 3.88. The summed E-state index contributed by atoms with van der Waals surface area (Å²) in [5, 5.41) is 0. The van der Waals surface area contributed by atoms with E-state index in [0.29, 0.717) is 6.73 Å². The van der Waals surface area contributed by atoms with Crippen molar-refractivity contribution in [2.75, 3.05) is 33.1 Å². The van der Waals surface area contributed by atoms with Crippen LogP contribution in [0.5, 0.6) is 0 Å². The Morgan fingerprint density at radius 2 is 2.15 bits per heavy atom. The van der Waals surface area contributed by atoms with E-state index in [1.54, 1.807) is 11.8 Å².